The predicted octanol–water partition coefficient (Wildman–Crippen LogP) is 3.77. The topological polar surface area (TPSA) is 21.6 Å². The fraction of sp³-hybridized carbons (Fsp3) is 0.636. The predicted molar refractivity (Wildman–Crippen MR) is 71.4 cm³/mol. The van der Waals surface area contributed by atoms with Gasteiger partial charge in [0.1, 0.15) is 0 Å². The Kier molecular flexibility index (Phi) is 5.95. The number of thioether (sulfide) groups is 1. The number of thiocarbonyl (C=S) groups is 1. The van der Waals surface area contributed by atoms with Crippen molar-refractivity contribution in [3.8, 4) is 0 Å². The Labute approximate surface area is 101 Å². The van der Waals surface area contributed by atoms with Crippen LogP contribution in [0.3, 0.4) is 0 Å². The molecule has 0 N–H and O–H groups in total. The van der Waals surface area contributed by atoms with Crippen LogP contribution < -0.4 is 0 Å². The average molecular weight is 243 g/mol. The summed E-state index contributed by atoms with van der Waals surface area (Å²) >= 11 is 6.35. The lowest BCUT2D eigenvalue weighted by Crippen LogP contribution is -2.19. The largest absolute Gasteiger partial charge is 0.338 e. The lowest BCUT2D eigenvalue weighted by molar-refractivity contribution is 0.336. The Bertz CT molecular complexity index is 263. The molecule has 0 radical (unpaired) electrons. The molecule has 15 heavy (non-hydrogen) atoms. The summed E-state index contributed by atoms with van der Waals surface area (Å²) in [5.41, 5.74) is 1.15. The number of hydrogen-bond acceptors (Lipinski definition) is 4. The summed E-state index contributed by atoms with van der Waals surface area (Å²) in [6.07, 6.45) is 9.57. The van der Waals surface area contributed by atoms with Crippen molar-refractivity contribution in [2.75, 3.05) is 6.26 Å². The quantitative estimate of drug-likeness (QED) is 0.428. The molecule has 0 aromatic rings. The van der Waals surface area contributed by atoms with Gasteiger partial charge in [-0.2, -0.15) is 0 Å². The molecule has 0 saturated heterocycles. The Balaban J connectivity index is 2.54. The minimum Gasteiger partial charge on any atom is -0.338 e. The second kappa shape index (κ2) is 7.01. The van der Waals surface area contributed by atoms with Gasteiger partial charge in [-0.3, -0.25) is 0 Å². The first-order chi connectivity index (χ1) is 7.27. The lowest BCUT2D eigenvalue weighted by Gasteiger charge is -2.22. The van der Waals surface area contributed by atoms with E-state index in [9.17, 15) is 0 Å². The molecule has 1 atom stereocenters. The molecule has 1 unspecified atom stereocenters. The van der Waals surface area contributed by atoms with Crippen molar-refractivity contribution in [3.05, 3.63) is 12.7 Å². The van der Waals surface area contributed by atoms with E-state index in [0.29, 0.717) is 10.3 Å². The Morgan fingerprint density at radius 2 is 2.53 bits per heavy atom. The van der Waals surface area contributed by atoms with Crippen LogP contribution in [0, 0.1) is 5.92 Å². The standard InChI is InChI=1S/C11H17NOS2/c1-3-6-9-7-4-5-8-10(9)12-13-11(14)15-2/h3,9H,1,4-8H2,2H3/b12-10+. The van der Waals surface area contributed by atoms with Gasteiger partial charge in [-0.1, -0.05) is 29.4 Å². The van der Waals surface area contributed by atoms with Crippen LogP contribution in [0.1, 0.15) is 32.1 Å². The smallest absolute Gasteiger partial charge is 0.255 e. The number of nitrogens with zero attached hydrogens (tertiary/aromatic N) is 1. The molecule has 84 valence electrons. The first-order valence-corrected chi connectivity index (χ1v) is 6.84. The molecule has 0 aliphatic heterocycles. The fourth-order valence-electron chi connectivity index (χ4n) is 1.78. The van der Waals surface area contributed by atoms with E-state index in [1.165, 1.54) is 31.0 Å². The Morgan fingerprint density at radius 3 is 3.20 bits per heavy atom. The Morgan fingerprint density at radius 1 is 1.73 bits per heavy atom. The number of allylic oxidation sites excluding steroid dienone is 1. The van der Waals surface area contributed by atoms with Gasteiger partial charge in [-0.05, 0) is 44.2 Å². The second-order valence-electron chi connectivity index (χ2n) is 3.60. The van der Waals surface area contributed by atoms with Gasteiger partial charge in [0.2, 0.25) is 0 Å². The molecule has 0 bridgehead atoms. The maximum Gasteiger partial charge on any atom is 0.255 e. The second-order valence-corrected chi connectivity index (χ2v) is 5.00. The highest BCUT2D eigenvalue weighted by molar-refractivity contribution is 8.22. The van der Waals surface area contributed by atoms with Gasteiger partial charge in [0.05, 0.1) is 5.71 Å². The Hall–Kier alpha value is -0.350. The summed E-state index contributed by atoms with van der Waals surface area (Å²) in [4.78, 5) is 5.16. The van der Waals surface area contributed by atoms with E-state index < -0.39 is 0 Å². The van der Waals surface area contributed by atoms with Gasteiger partial charge < -0.3 is 4.84 Å². The first-order valence-electron chi connectivity index (χ1n) is 5.20. The van der Waals surface area contributed by atoms with Crippen LogP contribution in [-0.2, 0) is 4.84 Å². The zero-order valence-corrected chi connectivity index (χ0v) is 10.7. The van der Waals surface area contributed by atoms with Crippen LogP contribution in [0.4, 0.5) is 0 Å². The molecule has 4 heteroatoms. The SMILES string of the molecule is C=CCC1CCCC/C1=N\OC(=S)SC. The molecular formula is C11H17NOS2. The summed E-state index contributed by atoms with van der Waals surface area (Å²) in [6.45, 7) is 3.77. The molecule has 0 heterocycles. The highest BCUT2D eigenvalue weighted by Crippen LogP contribution is 2.25. The normalized spacial score (nSPS) is 23.8. The van der Waals surface area contributed by atoms with Crippen molar-refractivity contribution in [2.45, 2.75) is 32.1 Å². The minimum atomic E-state index is 0.491. The fourth-order valence-corrected chi connectivity index (χ4v) is 1.93. The molecule has 0 aromatic heterocycles. The molecule has 0 spiro atoms. The van der Waals surface area contributed by atoms with Gasteiger partial charge in [-0.15, -0.1) is 6.58 Å². The molecule has 0 aromatic carbocycles. The van der Waals surface area contributed by atoms with E-state index in [1.54, 1.807) is 0 Å². The van der Waals surface area contributed by atoms with E-state index in [0.717, 1.165) is 18.6 Å². The lowest BCUT2D eigenvalue weighted by atomic mass is 9.85. The van der Waals surface area contributed by atoms with E-state index in [4.69, 9.17) is 17.1 Å². The monoisotopic (exact) mass is 243 g/mol. The van der Waals surface area contributed by atoms with E-state index >= 15 is 0 Å². The van der Waals surface area contributed by atoms with Crippen LogP contribution in [-0.4, -0.2) is 16.4 Å². The molecule has 1 aliphatic carbocycles. The summed E-state index contributed by atoms with van der Waals surface area (Å²) in [6, 6.07) is 0. The molecule has 0 amide bonds. The van der Waals surface area contributed by atoms with Crippen LogP contribution >= 0.6 is 24.0 Å². The van der Waals surface area contributed by atoms with Crippen molar-refractivity contribution >= 4 is 34.1 Å². The molecular weight excluding hydrogens is 226 g/mol. The van der Waals surface area contributed by atoms with Crippen molar-refractivity contribution < 1.29 is 4.84 Å². The average Bonchev–Trinajstić information content (AvgIpc) is 2.28. The summed E-state index contributed by atoms with van der Waals surface area (Å²) < 4.78 is 0.491. The molecule has 2 nitrogen and oxygen atoms in total. The number of oxime groups is 1. The molecule has 1 saturated carbocycles. The molecule has 1 fully saturated rings. The van der Waals surface area contributed by atoms with Crippen LogP contribution in [0.15, 0.2) is 17.8 Å². The summed E-state index contributed by atoms with van der Waals surface area (Å²) in [5, 5.41) is 4.16. The van der Waals surface area contributed by atoms with E-state index in [-0.39, 0.29) is 0 Å². The van der Waals surface area contributed by atoms with Crippen LogP contribution in [0.25, 0.3) is 0 Å². The molecule has 1 rings (SSSR count). The summed E-state index contributed by atoms with van der Waals surface area (Å²) in [7, 11) is 0. The van der Waals surface area contributed by atoms with E-state index in [2.05, 4.69) is 11.7 Å². The summed E-state index contributed by atoms with van der Waals surface area (Å²) in [5.74, 6) is 0.515. The zero-order chi connectivity index (χ0) is 11.1. The third-order valence-electron chi connectivity index (χ3n) is 2.56. The van der Waals surface area contributed by atoms with Crippen molar-refractivity contribution in [1.29, 1.82) is 0 Å². The van der Waals surface area contributed by atoms with Gasteiger partial charge in [-0.25, -0.2) is 0 Å². The minimum absolute atomic E-state index is 0.491. The van der Waals surface area contributed by atoms with E-state index in [1.807, 2.05) is 12.3 Å². The third kappa shape index (κ3) is 4.34. The zero-order valence-electron chi connectivity index (χ0n) is 9.07. The first kappa shape index (κ1) is 12.7. The number of hydrogen-bond donors (Lipinski definition) is 0. The maximum absolute atomic E-state index is 5.16. The van der Waals surface area contributed by atoms with Crippen molar-refractivity contribution in [1.82, 2.24) is 0 Å². The van der Waals surface area contributed by atoms with Crippen molar-refractivity contribution in [2.24, 2.45) is 11.1 Å². The van der Waals surface area contributed by atoms with Crippen LogP contribution in [0.5, 0.6) is 0 Å². The maximum atomic E-state index is 5.16. The third-order valence-corrected chi connectivity index (χ3v) is 3.54. The van der Waals surface area contributed by atoms with Crippen LogP contribution in [0.2, 0.25) is 0 Å². The molecule has 1 aliphatic rings. The van der Waals surface area contributed by atoms with Crippen molar-refractivity contribution in [3.63, 3.8) is 0 Å². The van der Waals surface area contributed by atoms with Gasteiger partial charge in [0.25, 0.3) is 4.38 Å². The van der Waals surface area contributed by atoms with Gasteiger partial charge >= 0.3 is 0 Å². The van der Waals surface area contributed by atoms with Gasteiger partial charge in [0.15, 0.2) is 0 Å². The highest BCUT2D eigenvalue weighted by Gasteiger charge is 2.19. The number of rotatable bonds is 3. The van der Waals surface area contributed by atoms with Gasteiger partial charge in [0, 0.05) is 5.92 Å². The highest BCUT2D eigenvalue weighted by atomic mass is 32.2.